The predicted molar refractivity (Wildman–Crippen MR) is 59.7 cm³/mol. The number of ketones is 1. The third-order valence-corrected chi connectivity index (χ3v) is 2.97. The highest BCUT2D eigenvalue weighted by Crippen LogP contribution is 2.37. The van der Waals surface area contributed by atoms with E-state index in [9.17, 15) is 4.79 Å². The maximum Gasteiger partial charge on any atom is 0.139 e. The average Bonchev–Trinajstić information content (AvgIpc) is 2.56. The molecule has 2 rings (SSSR count). The van der Waals surface area contributed by atoms with Gasteiger partial charge in [-0.15, -0.1) is 0 Å². The molecule has 0 radical (unpaired) electrons. The van der Waals surface area contributed by atoms with E-state index >= 15 is 0 Å². The number of carbonyl (C=O) groups excluding carboxylic acids is 1. The molecule has 3 nitrogen and oxygen atoms in total. The van der Waals surface area contributed by atoms with Crippen molar-refractivity contribution in [2.45, 2.75) is 12.8 Å². The lowest BCUT2D eigenvalue weighted by Crippen LogP contribution is -2.18. The van der Waals surface area contributed by atoms with Gasteiger partial charge in [0.15, 0.2) is 0 Å². The molecule has 0 aromatic heterocycles. The second-order valence-corrected chi connectivity index (χ2v) is 3.97. The minimum absolute atomic E-state index is 0.0000926. The summed E-state index contributed by atoms with van der Waals surface area (Å²) in [5.41, 5.74) is 2.22. The topological polar surface area (TPSA) is 29.5 Å². The second kappa shape index (κ2) is 3.57. The van der Waals surface area contributed by atoms with Gasteiger partial charge in [-0.2, -0.15) is 0 Å². The smallest absolute Gasteiger partial charge is 0.139 e. The molecule has 1 atom stereocenters. The van der Waals surface area contributed by atoms with Gasteiger partial charge in [0.05, 0.1) is 13.0 Å². The molecular formula is C12H15NO2. The lowest BCUT2D eigenvalue weighted by atomic mass is 9.98. The van der Waals surface area contributed by atoms with Gasteiger partial charge in [-0.3, -0.25) is 4.79 Å². The molecule has 0 saturated carbocycles. The summed E-state index contributed by atoms with van der Waals surface area (Å²) in [6.07, 6.45) is 0. The van der Waals surface area contributed by atoms with Gasteiger partial charge < -0.3 is 9.64 Å². The van der Waals surface area contributed by atoms with Crippen LogP contribution >= 0.6 is 0 Å². The Balaban J connectivity index is 2.47. The molecule has 1 unspecified atom stereocenters. The number of hydrogen-bond acceptors (Lipinski definition) is 3. The molecule has 1 aliphatic rings. The monoisotopic (exact) mass is 205 g/mol. The molecule has 0 spiro atoms. The van der Waals surface area contributed by atoms with E-state index in [0.717, 1.165) is 23.5 Å². The first-order chi connectivity index (χ1) is 7.13. The largest absolute Gasteiger partial charge is 0.497 e. The number of anilines is 1. The highest BCUT2D eigenvalue weighted by molar-refractivity contribution is 5.88. The molecule has 0 saturated heterocycles. The number of rotatable bonds is 2. The van der Waals surface area contributed by atoms with Crippen LogP contribution in [0.2, 0.25) is 0 Å². The first-order valence-corrected chi connectivity index (χ1v) is 5.03. The van der Waals surface area contributed by atoms with Crippen LogP contribution < -0.4 is 9.64 Å². The predicted octanol–water partition coefficient (Wildman–Crippen LogP) is 1.82. The van der Waals surface area contributed by atoms with Gasteiger partial charge in [-0.25, -0.2) is 0 Å². The summed E-state index contributed by atoms with van der Waals surface area (Å²) in [5, 5.41) is 0. The number of hydrogen-bond donors (Lipinski definition) is 0. The van der Waals surface area contributed by atoms with Crippen LogP contribution in [0.1, 0.15) is 18.4 Å². The van der Waals surface area contributed by atoms with Crippen LogP contribution in [0.5, 0.6) is 5.75 Å². The van der Waals surface area contributed by atoms with Gasteiger partial charge in [0.2, 0.25) is 0 Å². The molecule has 3 heteroatoms. The standard InChI is InChI=1S/C12H15NO2/c1-8(14)11-7-13(2)12-5-4-9(15-3)6-10(11)12/h4-6,11H,7H2,1-3H3. The van der Waals surface area contributed by atoms with Crippen LogP contribution in [-0.4, -0.2) is 26.5 Å². The first kappa shape index (κ1) is 10.0. The number of nitrogens with zero attached hydrogens (tertiary/aromatic N) is 1. The molecule has 1 aromatic rings. The fraction of sp³-hybridized carbons (Fsp3) is 0.417. The Hall–Kier alpha value is -1.51. The number of benzene rings is 1. The Morgan fingerprint density at radius 3 is 2.87 bits per heavy atom. The van der Waals surface area contributed by atoms with Crippen LogP contribution in [0.4, 0.5) is 5.69 Å². The van der Waals surface area contributed by atoms with E-state index < -0.39 is 0 Å². The van der Waals surface area contributed by atoms with Gasteiger partial charge >= 0.3 is 0 Å². The maximum atomic E-state index is 11.5. The molecule has 0 fully saturated rings. The fourth-order valence-corrected chi connectivity index (χ4v) is 2.10. The van der Waals surface area contributed by atoms with Crippen molar-refractivity contribution in [3.05, 3.63) is 23.8 Å². The van der Waals surface area contributed by atoms with Crippen molar-refractivity contribution in [2.24, 2.45) is 0 Å². The van der Waals surface area contributed by atoms with Crippen molar-refractivity contribution in [2.75, 3.05) is 25.6 Å². The zero-order valence-electron chi connectivity index (χ0n) is 9.28. The molecule has 0 N–H and O–H groups in total. The highest BCUT2D eigenvalue weighted by Gasteiger charge is 2.29. The van der Waals surface area contributed by atoms with Gasteiger partial charge in [-0.05, 0) is 30.7 Å². The number of fused-ring (bicyclic) bond motifs is 1. The van der Waals surface area contributed by atoms with Crippen molar-refractivity contribution in [3.63, 3.8) is 0 Å². The van der Waals surface area contributed by atoms with Gasteiger partial charge in [0.25, 0.3) is 0 Å². The molecule has 0 amide bonds. The number of Topliss-reactive ketones (excluding diaryl/α,β-unsaturated/α-hetero) is 1. The molecule has 0 bridgehead atoms. The van der Waals surface area contributed by atoms with Crippen molar-refractivity contribution in [3.8, 4) is 5.75 Å². The molecule has 1 aliphatic heterocycles. The molecule has 0 aliphatic carbocycles. The Morgan fingerprint density at radius 2 is 2.27 bits per heavy atom. The SMILES string of the molecule is COc1ccc2c(c1)C(C(C)=O)CN2C. The van der Waals surface area contributed by atoms with E-state index in [1.165, 1.54) is 0 Å². The third kappa shape index (κ3) is 1.58. The number of methoxy groups -OCH3 is 1. The van der Waals surface area contributed by atoms with Gasteiger partial charge in [0.1, 0.15) is 11.5 Å². The van der Waals surface area contributed by atoms with Crippen molar-refractivity contribution in [1.82, 2.24) is 0 Å². The van der Waals surface area contributed by atoms with Crippen LogP contribution in [0.3, 0.4) is 0 Å². The summed E-state index contributed by atoms with van der Waals surface area (Å²) < 4.78 is 5.17. The normalized spacial score (nSPS) is 18.9. The van der Waals surface area contributed by atoms with Crippen molar-refractivity contribution < 1.29 is 9.53 Å². The highest BCUT2D eigenvalue weighted by atomic mass is 16.5. The Labute approximate surface area is 89.7 Å². The molecule has 1 aromatic carbocycles. The van der Waals surface area contributed by atoms with Crippen LogP contribution in [0.25, 0.3) is 0 Å². The second-order valence-electron chi connectivity index (χ2n) is 3.97. The number of ether oxygens (including phenoxy) is 1. The summed E-state index contributed by atoms with van der Waals surface area (Å²) in [5.74, 6) is 1.03. The molecular weight excluding hydrogens is 190 g/mol. The van der Waals surface area contributed by atoms with Crippen LogP contribution in [0.15, 0.2) is 18.2 Å². The molecule has 15 heavy (non-hydrogen) atoms. The van der Waals surface area contributed by atoms with E-state index in [-0.39, 0.29) is 11.7 Å². The first-order valence-electron chi connectivity index (χ1n) is 5.03. The molecule has 1 heterocycles. The summed E-state index contributed by atoms with van der Waals surface area (Å²) in [4.78, 5) is 13.6. The van der Waals surface area contributed by atoms with Gasteiger partial charge in [-0.1, -0.05) is 0 Å². The van der Waals surface area contributed by atoms with E-state index in [0.29, 0.717) is 0 Å². The Kier molecular flexibility index (Phi) is 2.39. The average molecular weight is 205 g/mol. The maximum absolute atomic E-state index is 11.5. The third-order valence-electron chi connectivity index (χ3n) is 2.97. The number of likely N-dealkylation sites (N-methyl/N-ethyl adjacent to an activating group) is 1. The van der Waals surface area contributed by atoms with Crippen molar-refractivity contribution >= 4 is 11.5 Å². The van der Waals surface area contributed by atoms with E-state index in [1.54, 1.807) is 14.0 Å². The van der Waals surface area contributed by atoms with E-state index in [4.69, 9.17) is 4.74 Å². The van der Waals surface area contributed by atoms with Crippen LogP contribution in [-0.2, 0) is 4.79 Å². The number of carbonyl (C=O) groups is 1. The Morgan fingerprint density at radius 1 is 1.53 bits per heavy atom. The summed E-state index contributed by atoms with van der Waals surface area (Å²) >= 11 is 0. The van der Waals surface area contributed by atoms with E-state index in [1.807, 2.05) is 25.2 Å². The summed E-state index contributed by atoms with van der Waals surface area (Å²) in [7, 11) is 3.65. The minimum Gasteiger partial charge on any atom is -0.497 e. The lowest BCUT2D eigenvalue weighted by Gasteiger charge is -2.11. The molecule has 80 valence electrons. The summed E-state index contributed by atoms with van der Waals surface area (Å²) in [6, 6.07) is 5.90. The zero-order valence-corrected chi connectivity index (χ0v) is 9.28. The zero-order chi connectivity index (χ0) is 11.0. The summed E-state index contributed by atoms with van der Waals surface area (Å²) in [6.45, 7) is 2.42. The lowest BCUT2D eigenvalue weighted by molar-refractivity contribution is -0.118. The minimum atomic E-state index is 0.0000926. The Bertz CT molecular complexity index is 401. The van der Waals surface area contributed by atoms with Gasteiger partial charge in [0, 0.05) is 19.3 Å². The van der Waals surface area contributed by atoms with Crippen molar-refractivity contribution in [1.29, 1.82) is 0 Å². The van der Waals surface area contributed by atoms with E-state index in [2.05, 4.69) is 4.90 Å². The quantitative estimate of drug-likeness (QED) is 0.737. The van der Waals surface area contributed by atoms with Crippen LogP contribution in [0, 0.1) is 0 Å². The fourth-order valence-electron chi connectivity index (χ4n) is 2.10.